The molecule has 15 heavy (non-hydrogen) atoms. The van der Waals surface area contributed by atoms with Crippen LogP contribution in [-0.4, -0.2) is 24.4 Å². The molecule has 0 amide bonds. The number of aliphatic hydroxyl groups excluding tert-OH is 1. The fourth-order valence-electron chi connectivity index (χ4n) is 1.31. The summed E-state index contributed by atoms with van der Waals surface area (Å²) in [5.41, 5.74) is 0.544. The number of benzene rings is 1. The van der Waals surface area contributed by atoms with Crippen LogP contribution in [0.25, 0.3) is 0 Å². The summed E-state index contributed by atoms with van der Waals surface area (Å²) in [6.45, 7) is 1.85. The molecule has 0 radical (unpaired) electrons. The van der Waals surface area contributed by atoms with E-state index < -0.39 is 5.60 Å². The Bertz CT molecular complexity index is 291. The molecular weight excluding hydrogens is 195 g/mol. The van der Waals surface area contributed by atoms with Crippen LogP contribution in [0.15, 0.2) is 24.3 Å². The van der Waals surface area contributed by atoms with Crippen molar-refractivity contribution in [2.45, 2.75) is 25.4 Å². The third-order valence-electron chi connectivity index (χ3n) is 2.68. The second-order valence-electron chi connectivity index (χ2n) is 3.94. The van der Waals surface area contributed by atoms with Crippen molar-refractivity contribution in [2.75, 3.05) is 13.7 Å². The lowest BCUT2D eigenvalue weighted by molar-refractivity contribution is -0.0429. The molecule has 1 aromatic rings. The highest BCUT2D eigenvalue weighted by Crippen LogP contribution is 2.17. The van der Waals surface area contributed by atoms with Gasteiger partial charge in [-0.05, 0) is 37.5 Å². The highest BCUT2D eigenvalue weighted by molar-refractivity contribution is 5.16. The first kappa shape index (κ1) is 12.1. The molecule has 0 aliphatic carbocycles. The minimum atomic E-state index is -0.506. The van der Waals surface area contributed by atoms with Crippen molar-refractivity contribution in [3.8, 4) is 0 Å². The van der Waals surface area contributed by atoms with Gasteiger partial charge in [-0.15, -0.1) is 0 Å². The quantitative estimate of drug-likeness (QED) is 0.810. The summed E-state index contributed by atoms with van der Waals surface area (Å²) in [5, 5.41) is 9.12. The highest BCUT2D eigenvalue weighted by atomic mass is 19.1. The maximum Gasteiger partial charge on any atom is 0.123 e. The lowest BCUT2D eigenvalue weighted by Crippen LogP contribution is -2.32. The Morgan fingerprint density at radius 3 is 2.40 bits per heavy atom. The Morgan fingerprint density at radius 2 is 1.93 bits per heavy atom. The lowest BCUT2D eigenvalue weighted by Gasteiger charge is -2.25. The van der Waals surface area contributed by atoms with E-state index in [1.165, 1.54) is 12.1 Å². The molecule has 0 bridgehead atoms. The van der Waals surface area contributed by atoms with Gasteiger partial charge >= 0.3 is 0 Å². The second kappa shape index (κ2) is 5.24. The molecule has 0 saturated carbocycles. The van der Waals surface area contributed by atoms with Crippen molar-refractivity contribution >= 4 is 0 Å². The number of hydrogen-bond donors (Lipinski definition) is 1. The molecule has 0 spiro atoms. The average molecular weight is 212 g/mol. The monoisotopic (exact) mass is 212 g/mol. The summed E-state index contributed by atoms with van der Waals surface area (Å²) in [6.07, 6.45) is 1.48. The molecule has 0 saturated heterocycles. The number of rotatable bonds is 5. The Balaban J connectivity index is 2.53. The third kappa shape index (κ3) is 3.61. The number of aryl methyl sites for hydroxylation is 1. The van der Waals surface area contributed by atoms with Crippen molar-refractivity contribution in [3.05, 3.63) is 35.6 Å². The summed E-state index contributed by atoms with van der Waals surface area (Å²) in [5.74, 6) is -0.226. The molecule has 0 aliphatic rings. The zero-order valence-corrected chi connectivity index (χ0v) is 9.16. The fourth-order valence-corrected chi connectivity index (χ4v) is 1.31. The minimum Gasteiger partial charge on any atom is -0.393 e. The van der Waals surface area contributed by atoms with Gasteiger partial charge in [-0.3, -0.25) is 0 Å². The van der Waals surface area contributed by atoms with E-state index in [0.29, 0.717) is 6.42 Å². The first-order valence-electron chi connectivity index (χ1n) is 5.00. The van der Waals surface area contributed by atoms with Gasteiger partial charge in [-0.25, -0.2) is 4.39 Å². The molecule has 1 rings (SSSR count). The van der Waals surface area contributed by atoms with Crippen LogP contribution in [0.2, 0.25) is 0 Å². The molecular formula is C12H17FO2. The van der Waals surface area contributed by atoms with Crippen molar-refractivity contribution in [1.29, 1.82) is 0 Å². The largest absolute Gasteiger partial charge is 0.393 e. The normalized spacial score (nSPS) is 14.9. The van der Waals surface area contributed by atoms with Crippen LogP contribution in [-0.2, 0) is 11.2 Å². The Morgan fingerprint density at radius 1 is 1.33 bits per heavy atom. The second-order valence-corrected chi connectivity index (χ2v) is 3.94. The summed E-state index contributed by atoms with van der Waals surface area (Å²) in [6, 6.07) is 6.39. The topological polar surface area (TPSA) is 29.5 Å². The predicted octanol–water partition coefficient (Wildman–Crippen LogP) is 2.16. The zero-order valence-electron chi connectivity index (χ0n) is 9.16. The Kier molecular flexibility index (Phi) is 4.24. The molecule has 1 N–H and O–H groups in total. The maximum atomic E-state index is 12.6. The molecule has 3 heteroatoms. The number of ether oxygens (including phenoxy) is 1. The van der Waals surface area contributed by atoms with Crippen LogP contribution in [0, 0.1) is 5.82 Å². The van der Waals surface area contributed by atoms with E-state index in [2.05, 4.69) is 0 Å². The van der Waals surface area contributed by atoms with Crippen LogP contribution >= 0.6 is 0 Å². The van der Waals surface area contributed by atoms with Crippen molar-refractivity contribution < 1.29 is 14.2 Å². The van der Waals surface area contributed by atoms with Crippen LogP contribution in [0.4, 0.5) is 4.39 Å². The summed E-state index contributed by atoms with van der Waals surface area (Å²) in [4.78, 5) is 0. The molecule has 0 aliphatic heterocycles. The molecule has 2 nitrogen and oxygen atoms in total. The Hall–Kier alpha value is -0.930. The first-order chi connectivity index (χ1) is 7.09. The van der Waals surface area contributed by atoms with Crippen molar-refractivity contribution in [2.24, 2.45) is 0 Å². The van der Waals surface area contributed by atoms with Gasteiger partial charge < -0.3 is 9.84 Å². The average Bonchev–Trinajstić information content (AvgIpc) is 2.28. The van der Waals surface area contributed by atoms with Gasteiger partial charge in [-0.1, -0.05) is 12.1 Å². The van der Waals surface area contributed by atoms with E-state index >= 15 is 0 Å². The molecule has 1 unspecified atom stereocenters. The predicted molar refractivity (Wildman–Crippen MR) is 57.2 cm³/mol. The van der Waals surface area contributed by atoms with E-state index in [1.54, 1.807) is 19.2 Å². The van der Waals surface area contributed by atoms with Gasteiger partial charge in [0.25, 0.3) is 0 Å². The first-order valence-corrected chi connectivity index (χ1v) is 5.00. The number of hydrogen-bond acceptors (Lipinski definition) is 2. The smallest absolute Gasteiger partial charge is 0.123 e. The summed E-state index contributed by atoms with van der Waals surface area (Å²) in [7, 11) is 1.58. The standard InChI is InChI=1S/C12H17FO2/c1-12(9-14,15-2)8-7-10-3-5-11(13)6-4-10/h3-6,14H,7-9H2,1-2H3. The van der Waals surface area contributed by atoms with Crippen molar-refractivity contribution in [1.82, 2.24) is 0 Å². The number of halogens is 1. The van der Waals surface area contributed by atoms with E-state index in [9.17, 15) is 4.39 Å². The Labute approximate surface area is 89.7 Å². The van der Waals surface area contributed by atoms with Crippen LogP contribution in [0.5, 0.6) is 0 Å². The molecule has 0 aromatic heterocycles. The van der Waals surface area contributed by atoms with Crippen LogP contribution in [0.1, 0.15) is 18.9 Å². The maximum absolute atomic E-state index is 12.6. The van der Waals surface area contributed by atoms with Gasteiger partial charge in [-0.2, -0.15) is 0 Å². The zero-order chi connectivity index (χ0) is 11.3. The minimum absolute atomic E-state index is 0.00923. The van der Waals surface area contributed by atoms with Gasteiger partial charge in [0.15, 0.2) is 0 Å². The van der Waals surface area contributed by atoms with Crippen LogP contribution in [0.3, 0.4) is 0 Å². The molecule has 0 heterocycles. The van der Waals surface area contributed by atoms with E-state index in [4.69, 9.17) is 9.84 Å². The number of aliphatic hydroxyl groups is 1. The fraction of sp³-hybridized carbons (Fsp3) is 0.500. The summed E-state index contributed by atoms with van der Waals surface area (Å²) >= 11 is 0. The van der Waals surface area contributed by atoms with Gasteiger partial charge in [0.2, 0.25) is 0 Å². The molecule has 1 aromatic carbocycles. The van der Waals surface area contributed by atoms with E-state index in [1.807, 2.05) is 6.92 Å². The van der Waals surface area contributed by atoms with Gasteiger partial charge in [0.05, 0.1) is 12.2 Å². The van der Waals surface area contributed by atoms with E-state index in [-0.39, 0.29) is 12.4 Å². The number of methoxy groups -OCH3 is 1. The van der Waals surface area contributed by atoms with Crippen molar-refractivity contribution in [3.63, 3.8) is 0 Å². The lowest BCUT2D eigenvalue weighted by atomic mass is 9.97. The van der Waals surface area contributed by atoms with Gasteiger partial charge in [0.1, 0.15) is 5.82 Å². The summed E-state index contributed by atoms with van der Waals surface area (Å²) < 4.78 is 17.8. The van der Waals surface area contributed by atoms with Crippen LogP contribution < -0.4 is 0 Å². The molecule has 84 valence electrons. The van der Waals surface area contributed by atoms with Gasteiger partial charge in [0, 0.05) is 7.11 Å². The SMILES string of the molecule is COC(C)(CO)CCc1ccc(F)cc1. The van der Waals surface area contributed by atoms with E-state index in [0.717, 1.165) is 12.0 Å². The molecule has 1 atom stereocenters. The molecule has 0 fully saturated rings. The third-order valence-corrected chi connectivity index (χ3v) is 2.68. The highest BCUT2D eigenvalue weighted by Gasteiger charge is 2.21.